The van der Waals surface area contributed by atoms with Gasteiger partial charge in [-0.25, -0.2) is 14.6 Å². The van der Waals surface area contributed by atoms with Crippen molar-refractivity contribution in [1.29, 1.82) is 0 Å². The minimum atomic E-state index is 0.509. The molecule has 0 aliphatic carbocycles. The number of aromatic nitrogens is 4. The van der Waals surface area contributed by atoms with E-state index in [1.54, 1.807) is 29.3 Å². The first-order valence-corrected chi connectivity index (χ1v) is 6.35. The molecule has 100 valence electrons. The number of nitrogens with zero attached hydrogens (tertiary/aromatic N) is 4. The summed E-state index contributed by atoms with van der Waals surface area (Å²) < 4.78 is 1.60. The fourth-order valence-corrected chi connectivity index (χ4v) is 2.01. The van der Waals surface area contributed by atoms with Crippen LogP contribution in [-0.2, 0) is 0 Å². The Morgan fingerprint density at radius 3 is 2.50 bits per heavy atom. The highest BCUT2D eigenvalue weighted by Crippen LogP contribution is 2.26. The normalized spacial score (nSPS) is 10.7. The lowest BCUT2D eigenvalue weighted by Gasteiger charge is -2.03. The Bertz CT molecular complexity index is 746. The number of anilines is 1. The Morgan fingerprint density at radius 2 is 1.80 bits per heavy atom. The molecule has 0 bridgehead atoms. The van der Waals surface area contributed by atoms with Crippen LogP contribution in [0.15, 0.2) is 42.9 Å². The number of nitrogen functional groups attached to an aromatic ring is 1. The van der Waals surface area contributed by atoms with Gasteiger partial charge in [0.25, 0.3) is 5.95 Å². The summed E-state index contributed by atoms with van der Waals surface area (Å²) in [5, 5.41) is 4.49. The van der Waals surface area contributed by atoms with Crippen molar-refractivity contribution >= 4 is 5.69 Å². The molecule has 5 nitrogen and oxygen atoms in total. The van der Waals surface area contributed by atoms with Crippen LogP contribution in [0.5, 0.6) is 0 Å². The van der Waals surface area contributed by atoms with Crippen molar-refractivity contribution in [3.05, 3.63) is 54.0 Å². The highest BCUT2D eigenvalue weighted by molar-refractivity contribution is 5.73. The molecule has 0 radical (unpaired) electrons. The van der Waals surface area contributed by atoms with Crippen LogP contribution in [0.2, 0.25) is 0 Å². The van der Waals surface area contributed by atoms with E-state index in [1.165, 1.54) is 11.1 Å². The second-order valence-corrected chi connectivity index (χ2v) is 4.73. The number of hydrogen-bond acceptors (Lipinski definition) is 4. The minimum absolute atomic E-state index is 0.509. The van der Waals surface area contributed by atoms with Crippen molar-refractivity contribution in [2.45, 2.75) is 13.8 Å². The standard InChI is InChI=1S/C15H15N5/c1-10-4-5-12(8-11(10)2)14-13(16)9-20(19-14)15-17-6-3-7-18-15/h3-9H,16H2,1-2H3. The zero-order valence-electron chi connectivity index (χ0n) is 11.4. The zero-order chi connectivity index (χ0) is 14.1. The molecule has 2 aromatic heterocycles. The summed E-state index contributed by atoms with van der Waals surface area (Å²) in [4.78, 5) is 8.33. The quantitative estimate of drug-likeness (QED) is 0.773. The van der Waals surface area contributed by atoms with Crippen molar-refractivity contribution in [3.63, 3.8) is 0 Å². The number of benzene rings is 1. The Morgan fingerprint density at radius 1 is 1.05 bits per heavy atom. The summed E-state index contributed by atoms with van der Waals surface area (Å²) in [6, 6.07) is 7.95. The van der Waals surface area contributed by atoms with Crippen LogP contribution in [0.25, 0.3) is 17.2 Å². The molecule has 0 fully saturated rings. The van der Waals surface area contributed by atoms with Gasteiger partial charge in [0, 0.05) is 18.0 Å². The molecule has 3 aromatic rings. The molecular weight excluding hydrogens is 250 g/mol. The summed E-state index contributed by atoms with van der Waals surface area (Å²) in [6.07, 6.45) is 5.09. The van der Waals surface area contributed by atoms with Crippen LogP contribution in [-0.4, -0.2) is 19.7 Å². The van der Waals surface area contributed by atoms with Crippen LogP contribution in [0.3, 0.4) is 0 Å². The van der Waals surface area contributed by atoms with E-state index >= 15 is 0 Å². The lowest BCUT2D eigenvalue weighted by Crippen LogP contribution is -2.00. The molecule has 0 aliphatic heterocycles. The van der Waals surface area contributed by atoms with Gasteiger partial charge in [-0.2, -0.15) is 5.10 Å². The molecule has 1 aromatic carbocycles. The fraction of sp³-hybridized carbons (Fsp3) is 0.133. The highest BCUT2D eigenvalue weighted by atomic mass is 15.3. The Kier molecular flexibility index (Phi) is 2.95. The molecule has 0 atom stereocenters. The van der Waals surface area contributed by atoms with Gasteiger partial charge >= 0.3 is 0 Å². The van der Waals surface area contributed by atoms with Gasteiger partial charge in [0.1, 0.15) is 5.69 Å². The second-order valence-electron chi connectivity index (χ2n) is 4.73. The molecule has 0 saturated heterocycles. The van der Waals surface area contributed by atoms with E-state index in [2.05, 4.69) is 41.0 Å². The number of hydrogen-bond donors (Lipinski definition) is 1. The maximum Gasteiger partial charge on any atom is 0.250 e. The maximum atomic E-state index is 6.06. The van der Waals surface area contributed by atoms with Crippen molar-refractivity contribution in [1.82, 2.24) is 19.7 Å². The Balaban J connectivity index is 2.07. The summed E-state index contributed by atoms with van der Waals surface area (Å²) in [7, 11) is 0. The van der Waals surface area contributed by atoms with Gasteiger partial charge in [-0.05, 0) is 37.1 Å². The zero-order valence-corrected chi connectivity index (χ0v) is 11.4. The molecule has 20 heavy (non-hydrogen) atoms. The van der Waals surface area contributed by atoms with Gasteiger partial charge in [-0.15, -0.1) is 0 Å². The third kappa shape index (κ3) is 2.14. The average Bonchev–Trinajstić information content (AvgIpc) is 2.85. The van der Waals surface area contributed by atoms with Crippen LogP contribution in [0.1, 0.15) is 11.1 Å². The van der Waals surface area contributed by atoms with Gasteiger partial charge < -0.3 is 5.73 Å². The number of rotatable bonds is 2. The Labute approximate surface area is 117 Å². The van der Waals surface area contributed by atoms with E-state index in [0.717, 1.165) is 11.3 Å². The topological polar surface area (TPSA) is 69.6 Å². The minimum Gasteiger partial charge on any atom is -0.396 e. The van der Waals surface area contributed by atoms with E-state index < -0.39 is 0 Å². The number of nitrogens with two attached hydrogens (primary N) is 1. The van der Waals surface area contributed by atoms with Crippen LogP contribution in [0.4, 0.5) is 5.69 Å². The van der Waals surface area contributed by atoms with Crippen molar-refractivity contribution in [3.8, 4) is 17.2 Å². The van der Waals surface area contributed by atoms with Gasteiger partial charge in [0.2, 0.25) is 0 Å². The lowest BCUT2D eigenvalue weighted by atomic mass is 10.0. The van der Waals surface area contributed by atoms with E-state index in [4.69, 9.17) is 5.73 Å². The van der Waals surface area contributed by atoms with Gasteiger partial charge in [-0.3, -0.25) is 0 Å². The van der Waals surface area contributed by atoms with Gasteiger partial charge in [0.05, 0.1) is 11.9 Å². The first-order valence-electron chi connectivity index (χ1n) is 6.35. The van der Waals surface area contributed by atoms with E-state index in [9.17, 15) is 0 Å². The molecule has 0 aliphatic rings. The third-order valence-electron chi connectivity index (χ3n) is 3.28. The number of aryl methyl sites for hydroxylation is 2. The predicted molar refractivity (Wildman–Crippen MR) is 78.5 cm³/mol. The summed E-state index contributed by atoms with van der Waals surface area (Å²) in [6.45, 7) is 4.16. The molecule has 2 N–H and O–H groups in total. The summed E-state index contributed by atoms with van der Waals surface area (Å²) >= 11 is 0. The monoisotopic (exact) mass is 265 g/mol. The average molecular weight is 265 g/mol. The van der Waals surface area contributed by atoms with Crippen LogP contribution < -0.4 is 5.73 Å². The summed E-state index contributed by atoms with van der Waals surface area (Å²) in [5.74, 6) is 0.509. The van der Waals surface area contributed by atoms with E-state index in [1.807, 2.05) is 6.07 Å². The first kappa shape index (κ1) is 12.3. The predicted octanol–water partition coefficient (Wildman–Crippen LogP) is 2.53. The van der Waals surface area contributed by atoms with Crippen LogP contribution >= 0.6 is 0 Å². The molecule has 2 heterocycles. The molecule has 0 unspecified atom stereocenters. The highest BCUT2D eigenvalue weighted by Gasteiger charge is 2.11. The van der Waals surface area contributed by atoms with Gasteiger partial charge in [0.15, 0.2) is 0 Å². The molecule has 0 spiro atoms. The lowest BCUT2D eigenvalue weighted by molar-refractivity contribution is 0.811. The summed E-state index contributed by atoms with van der Waals surface area (Å²) in [5.41, 5.74) is 10.9. The van der Waals surface area contributed by atoms with Crippen molar-refractivity contribution < 1.29 is 0 Å². The van der Waals surface area contributed by atoms with Crippen molar-refractivity contribution in [2.24, 2.45) is 0 Å². The molecule has 0 saturated carbocycles. The molecular formula is C15H15N5. The first-order chi connectivity index (χ1) is 9.65. The van der Waals surface area contributed by atoms with Gasteiger partial charge in [-0.1, -0.05) is 12.1 Å². The molecule has 3 rings (SSSR count). The maximum absolute atomic E-state index is 6.06. The van der Waals surface area contributed by atoms with Crippen LogP contribution in [0, 0.1) is 13.8 Å². The van der Waals surface area contributed by atoms with E-state index in [-0.39, 0.29) is 0 Å². The largest absolute Gasteiger partial charge is 0.396 e. The van der Waals surface area contributed by atoms with E-state index in [0.29, 0.717) is 11.6 Å². The molecule has 0 amide bonds. The fourth-order valence-electron chi connectivity index (χ4n) is 2.01. The van der Waals surface area contributed by atoms with Crippen molar-refractivity contribution in [2.75, 3.05) is 5.73 Å². The third-order valence-corrected chi connectivity index (χ3v) is 3.28. The Hall–Kier alpha value is -2.69. The SMILES string of the molecule is Cc1ccc(-c2nn(-c3ncccn3)cc2N)cc1C. The second kappa shape index (κ2) is 4.77. The smallest absolute Gasteiger partial charge is 0.250 e. The molecule has 5 heteroatoms.